The number of rotatable bonds is 3. The zero-order valence-electron chi connectivity index (χ0n) is 12.7. The number of hydrogen-bond donors (Lipinski definition) is 1. The van der Waals surface area contributed by atoms with Gasteiger partial charge in [-0.3, -0.25) is 0 Å². The molecule has 118 valence electrons. The van der Waals surface area contributed by atoms with E-state index in [4.69, 9.17) is 0 Å². The molecule has 20 heavy (non-hydrogen) atoms. The molecule has 2 atom stereocenters. The molecule has 2 unspecified atom stereocenters. The van der Waals surface area contributed by atoms with Crippen molar-refractivity contribution in [1.82, 2.24) is 5.32 Å². The van der Waals surface area contributed by atoms with Crippen molar-refractivity contribution in [2.45, 2.75) is 83.5 Å². The van der Waals surface area contributed by atoms with Crippen LogP contribution >= 0.6 is 0 Å². The Morgan fingerprint density at radius 2 is 1.55 bits per heavy atom. The lowest BCUT2D eigenvalue weighted by atomic mass is 9.78. The number of hydrogen-bond acceptors (Lipinski definition) is 1. The van der Waals surface area contributed by atoms with E-state index in [0.29, 0.717) is 37.8 Å². The molecule has 2 aliphatic rings. The Bertz CT molecular complexity index is 293. The first-order valence-electron chi connectivity index (χ1n) is 8.19. The highest BCUT2D eigenvalue weighted by molar-refractivity contribution is 4.86. The molecule has 2 saturated carbocycles. The predicted octanol–water partition coefficient (Wildman–Crippen LogP) is 4.91. The lowest BCUT2D eigenvalue weighted by Crippen LogP contribution is -2.44. The number of halogens is 3. The summed E-state index contributed by atoms with van der Waals surface area (Å²) in [6, 6.07) is 0.841. The van der Waals surface area contributed by atoms with Crippen molar-refractivity contribution in [2.75, 3.05) is 0 Å². The highest BCUT2D eigenvalue weighted by Gasteiger charge is 2.41. The van der Waals surface area contributed by atoms with Crippen LogP contribution in [-0.2, 0) is 0 Å². The van der Waals surface area contributed by atoms with Crippen LogP contribution in [0.2, 0.25) is 0 Å². The maximum Gasteiger partial charge on any atom is 0.391 e. The molecule has 0 radical (unpaired) electrons. The molecule has 0 saturated heterocycles. The highest BCUT2D eigenvalue weighted by Crippen LogP contribution is 2.38. The first kappa shape index (κ1) is 16.1. The summed E-state index contributed by atoms with van der Waals surface area (Å²) in [7, 11) is 0. The van der Waals surface area contributed by atoms with Crippen LogP contribution in [0.1, 0.15) is 65.2 Å². The summed E-state index contributed by atoms with van der Waals surface area (Å²) in [6.45, 7) is 4.56. The summed E-state index contributed by atoms with van der Waals surface area (Å²) in [4.78, 5) is 0. The number of nitrogens with one attached hydrogen (secondary N) is 1. The molecule has 1 N–H and O–H groups in total. The van der Waals surface area contributed by atoms with E-state index < -0.39 is 12.1 Å². The van der Waals surface area contributed by atoms with E-state index in [-0.39, 0.29) is 0 Å². The molecule has 0 aromatic carbocycles. The van der Waals surface area contributed by atoms with E-state index in [2.05, 4.69) is 19.2 Å². The second kappa shape index (κ2) is 6.67. The lowest BCUT2D eigenvalue weighted by molar-refractivity contribution is -0.182. The average molecular weight is 291 g/mol. The van der Waals surface area contributed by atoms with Crippen LogP contribution in [0.3, 0.4) is 0 Å². The van der Waals surface area contributed by atoms with E-state index in [0.717, 1.165) is 11.8 Å². The van der Waals surface area contributed by atoms with E-state index in [9.17, 15) is 13.2 Å². The molecule has 0 aromatic rings. The van der Waals surface area contributed by atoms with E-state index in [1.807, 2.05) is 0 Å². The van der Waals surface area contributed by atoms with Crippen molar-refractivity contribution in [3.05, 3.63) is 0 Å². The van der Waals surface area contributed by atoms with Gasteiger partial charge in [0.05, 0.1) is 5.92 Å². The maximum atomic E-state index is 12.6. The Hall–Kier alpha value is -0.250. The summed E-state index contributed by atoms with van der Waals surface area (Å²) < 4.78 is 37.9. The minimum atomic E-state index is -3.99. The quantitative estimate of drug-likeness (QED) is 0.779. The summed E-state index contributed by atoms with van der Waals surface area (Å²) in [5.41, 5.74) is 0. The third-order valence-electron chi connectivity index (χ3n) is 5.32. The van der Waals surface area contributed by atoms with Gasteiger partial charge >= 0.3 is 6.18 Å². The molecule has 1 nitrogen and oxygen atoms in total. The van der Waals surface area contributed by atoms with Gasteiger partial charge in [-0.2, -0.15) is 13.2 Å². The Kier molecular flexibility index (Phi) is 5.38. The van der Waals surface area contributed by atoms with Crippen molar-refractivity contribution < 1.29 is 13.2 Å². The average Bonchev–Trinajstić information content (AvgIpc) is 2.38. The van der Waals surface area contributed by atoms with Crippen LogP contribution in [0.15, 0.2) is 0 Å². The van der Waals surface area contributed by atoms with Crippen LogP contribution in [0.5, 0.6) is 0 Å². The van der Waals surface area contributed by atoms with E-state index in [1.54, 1.807) is 0 Å². The molecule has 0 bridgehead atoms. The largest absolute Gasteiger partial charge is 0.391 e. The first-order valence-corrected chi connectivity index (χ1v) is 8.19. The van der Waals surface area contributed by atoms with Crippen molar-refractivity contribution in [2.24, 2.45) is 17.8 Å². The van der Waals surface area contributed by atoms with Gasteiger partial charge in [0.1, 0.15) is 0 Å². The molecular formula is C16H28F3N. The predicted molar refractivity (Wildman–Crippen MR) is 75.5 cm³/mol. The van der Waals surface area contributed by atoms with Crippen molar-refractivity contribution in [3.63, 3.8) is 0 Å². The standard InChI is InChI=1S/C16H28F3N/c1-11(2)12-4-3-5-15(10-12)20-14-8-6-13(7-9-14)16(17,18)19/h11-15,20H,3-10H2,1-2H3. The van der Waals surface area contributed by atoms with E-state index >= 15 is 0 Å². The Labute approximate surface area is 120 Å². The van der Waals surface area contributed by atoms with Gasteiger partial charge in [-0.15, -0.1) is 0 Å². The first-order chi connectivity index (χ1) is 9.36. The highest BCUT2D eigenvalue weighted by atomic mass is 19.4. The Morgan fingerprint density at radius 1 is 0.900 bits per heavy atom. The van der Waals surface area contributed by atoms with Gasteiger partial charge in [0.2, 0.25) is 0 Å². The summed E-state index contributed by atoms with van der Waals surface area (Å²) in [6.07, 6.45) is 2.98. The topological polar surface area (TPSA) is 12.0 Å². The van der Waals surface area contributed by atoms with Gasteiger partial charge in [0.15, 0.2) is 0 Å². The molecule has 0 heterocycles. The third-order valence-corrected chi connectivity index (χ3v) is 5.32. The fourth-order valence-electron chi connectivity index (χ4n) is 3.91. The summed E-state index contributed by atoms with van der Waals surface area (Å²) >= 11 is 0. The molecule has 0 aromatic heterocycles. The van der Waals surface area contributed by atoms with Crippen LogP contribution in [0, 0.1) is 17.8 Å². The van der Waals surface area contributed by atoms with Crippen LogP contribution in [0.4, 0.5) is 13.2 Å². The SMILES string of the molecule is CC(C)C1CCCC(NC2CCC(C(F)(F)F)CC2)C1. The lowest BCUT2D eigenvalue weighted by Gasteiger charge is -2.37. The van der Waals surface area contributed by atoms with Crippen molar-refractivity contribution in [1.29, 1.82) is 0 Å². The van der Waals surface area contributed by atoms with Gasteiger partial charge in [-0.05, 0) is 50.4 Å². The van der Waals surface area contributed by atoms with Crippen molar-refractivity contribution >= 4 is 0 Å². The van der Waals surface area contributed by atoms with Gasteiger partial charge in [-0.1, -0.05) is 26.7 Å². The second-order valence-electron chi connectivity index (χ2n) is 7.12. The Morgan fingerprint density at radius 3 is 2.10 bits per heavy atom. The Balaban J connectivity index is 1.75. The minimum Gasteiger partial charge on any atom is -0.311 e. The van der Waals surface area contributed by atoms with Crippen LogP contribution < -0.4 is 5.32 Å². The fourth-order valence-corrected chi connectivity index (χ4v) is 3.91. The van der Waals surface area contributed by atoms with Gasteiger partial charge < -0.3 is 5.32 Å². The maximum absolute atomic E-state index is 12.6. The summed E-state index contributed by atoms with van der Waals surface area (Å²) in [5, 5.41) is 3.65. The fraction of sp³-hybridized carbons (Fsp3) is 1.00. The van der Waals surface area contributed by atoms with Gasteiger partial charge in [-0.25, -0.2) is 0 Å². The molecule has 2 rings (SSSR count). The number of alkyl halides is 3. The second-order valence-corrected chi connectivity index (χ2v) is 7.12. The van der Waals surface area contributed by atoms with Gasteiger partial charge in [0, 0.05) is 12.1 Å². The molecular weight excluding hydrogens is 263 g/mol. The monoisotopic (exact) mass is 291 g/mol. The summed E-state index contributed by atoms with van der Waals surface area (Å²) in [5.74, 6) is 0.448. The normalized spacial score (nSPS) is 36.3. The van der Waals surface area contributed by atoms with Crippen LogP contribution in [0.25, 0.3) is 0 Å². The minimum absolute atomic E-state index is 0.307. The van der Waals surface area contributed by atoms with Crippen LogP contribution in [-0.4, -0.2) is 18.3 Å². The molecule has 0 spiro atoms. The zero-order valence-corrected chi connectivity index (χ0v) is 12.7. The third kappa shape index (κ3) is 4.37. The van der Waals surface area contributed by atoms with Crippen molar-refractivity contribution in [3.8, 4) is 0 Å². The zero-order chi connectivity index (χ0) is 14.8. The molecule has 0 aliphatic heterocycles. The smallest absolute Gasteiger partial charge is 0.311 e. The molecule has 2 aliphatic carbocycles. The van der Waals surface area contributed by atoms with Gasteiger partial charge in [0.25, 0.3) is 0 Å². The molecule has 0 amide bonds. The van der Waals surface area contributed by atoms with E-state index in [1.165, 1.54) is 25.7 Å². The molecule has 4 heteroatoms. The molecule has 2 fully saturated rings.